The van der Waals surface area contributed by atoms with Gasteiger partial charge in [0.05, 0.1) is 5.69 Å². The molecule has 134 valence electrons. The van der Waals surface area contributed by atoms with Crippen molar-refractivity contribution in [1.82, 2.24) is 29.2 Å². The van der Waals surface area contributed by atoms with Gasteiger partial charge >= 0.3 is 0 Å². The zero-order valence-electron chi connectivity index (χ0n) is 14.8. The number of carbonyl (C=O) groups excluding carboxylic acids is 1. The molecule has 1 aliphatic carbocycles. The molecule has 0 unspecified atom stereocenters. The molecule has 27 heavy (non-hydrogen) atoms. The second-order valence-electron chi connectivity index (χ2n) is 6.81. The van der Waals surface area contributed by atoms with E-state index < -0.39 is 0 Å². The molecule has 1 saturated carbocycles. The third-order valence-electron chi connectivity index (χ3n) is 4.62. The van der Waals surface area contributed by atoms with Crippen LogP contribution in [0.1, 0.15) is 29.0 Å². The summed E-state index contributed by atoms with van der Waals surface area (Å²) >= 11 is 0. The van der Waals surface area contributed by atoms with Gasteiger partial charge in [-0.05, 0) is 44.0 Å². The molecule has 5 rings (SSSR count). The number of amides is 1. The Morgan fingerprint density at radius 3 is 2.85 bits per heavy atom. The van der Waals surface area contributed by atoms with Gasteiger partial charge in [-0.15, -0.1) is 0 Å². The average molecular weight is 358 g/mol. The van der Waals surface area contributed by atoms with Crippen LogP contribution in [0.5, 0.6) is 0 Å². The van der Waals surface area contributed by atoms with Crippen LogP contribution in [0.25, 0.3) is 22.9 Å². The quantitative estimate of drug-likeness (QED) is 0.608. The van der Waals surface area contributed by atoms with Gasteiger partial charge in [-0.1, -0.05) is 6.07 Å². The maximum absolute atomic E-state index is 12.5. The number of imidazole rings is 2. The lowest BCUT2D eigenvalue weighted by Crippen LogP contribution is -2.25. The van der Waals surface area contributed by atoms with Gasteiger partial charge in [-0.2, -0.15) is 0 Å². The van der Waals surface area contributed by atoms with E-state index in [9.17, 15) is 4.79 Å². The van der Waals surface area contributed by atoms with E-state index in [1.54, 1.807) is 12.4 Å². The van der Waals surface area contributed by atoms with E-state index in [4.69, 9.17) is 0 Å². The molecule has 7 nitrogen and oxygen atoms in total. The van der Waals surface area contributed by atoms with Crippen LogP contribution in [-0.4, -0.2) is 35.9 Å². The third-order valence-corrected chi connectivity index (χ3v) is 4.62. The molecular weight excluding hydrogens is 340 g/mol. The molecule has 4 aromatic heterocycles. The Bertz CT molecular complexity index is 1150. The highest BCUT2D eigenvalue weighted by molar-refractivity contribution is 5.93. The van der Waals surface area contributed by atoms with Crippen molar-refractivity contribution >= 4 is 11.6 Å². The number of nitrogens with zero attached hydrogens (tertiary/aromatic N) is 5. The molecule has 1 amide bonds. The number of rotatable bonds is 4. The molecule has 1 aliphatic rings. The molecule has 0 atom stereocenters. The van der Waals surface area contributed by atoms with Crippen LogP contribution < -0.4 is 5.32 Å². The molecule has 0 saturated heterocycles. The molecular formula is C20H18N6O. The number of nitrogens with one attached hydrogen (secondary N) is 1. The summed E-state index contributed by atoms with van der Waals surface area (Å²) in [4.78, 5) is 26.0. The fourth-order valence-corrected chi connectivity index (χ4v) is 3.07. The van der Waals surface area contributed by atoms with E-state index in [1.807, 2.05) is 58.6 Å². The minimum atomic E-state index is -0.145. The van der Waals surface area contributed by atoms with Crippen LogP contribution >= 0.6 is 0 Å². The Balaban J connectivity index is 1.64. The van der Waals surface area contributed by atoms with Crippen molar-refractivity contribution in [1.29, 1.82) is 0 Å². The highest BCUT2D eigenvalue weighted by Gasteiger charge is 2.26. The van der Waals surface area contributed by atoms with Gasteiger partial charge in [0.1, 0.15) is 17.0 Å². The largest absolute Gasteiger partial charge is 0.348 e. The summed E-state index contributed by atoms with van der Waals surface area (Å²) in [5.41, 5.74) is 3.77. The summed E-state index contributed by atoms with van der Waals surface area (Å²) in [6.07, 6.45) is 9.46. The van der Waals surface area contributed by atoms with Crippen molar-refractivity contribution in [3.8, 4) is 17.2 Å². The zero-order valence-corrected chi connectivity index (χ0v) is 14.8. The normalized spacial score (nSPS) is 13.8. The summed E-state index contributed by atoms with van der Waals surface area (Å²) < 4.78 is 3.84. The van der Waals surface area contributed by atoms with Crippen molar-refractivity contribution in [3.05, 3.63) is 66.5 Å². The molecule has 0 spiro atoms. The van der Waals surface area contributed by atoms with Crippen molar-refractivity contribution in [2.45, 2.75) is 25.8 Å². The van der Waals surface area contributed by atoms with Gasteiger partial charge in [0.15, 0.2) is 5.82 Å². The van der Waals surface area contributed by atoms with Gasteiger partial charge in [0.25, 0.3) is 5.91 Å². The van der Waals surface area contributed by atoms with Crippen molar-refractivity contribution in [2.24, 2.45) is 0 Å². The molecule has 1 fully saturated rings. The molecule has 0 radical (unpaired) electrons. The number of pyridine rings is 2. The van der Waals surface area contributed by atoms with Gasteiger partial charge in [0, 0.05) is 36.5 Å². The Morgan fingerprint density at radius 2 is 2.04 bits per heavy atom. The minimum Gasteiger partial charge on any atom is -0.348 e. The van der Waals surface area contributed by atoms with Crippen molar-refractivity contribution in [3.63, 3.8) is 0 Å². The van der Waals surface area contributed by atoms with Crippen LogP contribution in [0.3, 0.4) is 0 Å². The number of aryl methyl sites for hydroxylation is 1. The molecule has 4 aromatic rings. The Morgan fingerprint density at radius 1 is 1.15 bits per heavy atom. The minimum absolute atomic E-state index is 0.145. The summed E-state index contributed by atoms with van der Waals surface area (Å²) in [6, 6.07) is 9.97. The van der Waals surface area contributed by atoms with Crippen LogP contribution in [0.15, 0.2) is 55.1 Å². The maximum Gasteiger partial charge on any atom is 0.271 e. The standard InChI is InChI=1S/C20H18N6O/c1-13-3-2-4-16(22-13)19-24-17(20(27)23-14-5-6-14)12-26(19)15-7-8-18-21-9-10-25(18)11-15/h2-4,7-12,14H,5-6H2,1H3,(H,23,27). The zero-order chi connectivity index (χ0) is 18.4. The summed E-state index contributed by atoms with van der Waals surface area (Å²) in [7, 11) is 0. The molecule has 1 N–H and O–H groups in total. The first-order valence-corrected chi connectivity index (χ1v) is 8.95. The third kappa shape index (κ3) is 2.97. The van der Waals surface area contributed by atoms with E-state index in [2.05, 4.69) is 20.3 Å². The average Bonchev–Trinajstić information content (AvgIpc) is 3.19. The summed E-state index contributed by atoms with van der Waals surface area (Å²) in [5, 5.41) is 3.00. The van der Waals surface area contributed by atoms with Crippen LogP contribution in [-0.2, 0) is 0 Å². The summed E-state index contributed by atoms with van der Waals surface area (Å²) in [5.74, 6) is 0.493. The Hall–Kier alpha value is -3.48. The lowest BCUT2D eigenvalue weighted by Gasteiger charge is -2.08. The van der Waals surface area contributed by atoms with Crippen LogP contribution in [0.4, 0.5) is 0 Å². The van der Waals surface area contributed by atoms with E-state index in [-0.39, 0.29) is 11.9 Å². The maximum atomic E-state index is 12.5. The van der Waals surface area contributed by atoms with Gasteiger partial charge in [0.2, 0.25) is 0 Å². The molecule has 4 heterocycles. The molecule has 0 bridgehead atoms. The first-order valence-electron chi connectivity index (χ1n) is 8.95. The van der Waals surface area contributed by atoms with Gasteiger partial charge < -0.3 is 9.72 Å². The van der Waals surface area contributed by atoms with Gasteiger partial charge in [-0.3, -0.25) is 9.36 Å². The highest BCUT2D eigenvalue weighted by atomic mass is 16.2. The fourth-order valence-electron chi connectivity index (χ4n) is 3.07. The second-order valence-corrected chi connectivity index (χ2v) is 6.81. The van der Waals surface area contributed by atoms with E-state index >= 15 is 0 Å². The van der Waals surface area contributed by atoms with Gasteiger partial charge in [-0.25, -0.2) is 15.0 Å². The number of carbonyl (C=O) groups is 1. The SMILES string of the molecule is Cc1cccc(-c2nc(C(=O)NC3CC3)cn2-c2ccc3nccn3c2)n1. The first kappa shape index (κ1) is 15.7. The smallest absolute Gasteiger partial charge is 0.271 e. The predicted octanol–water partition coefficient (Wildman–Crippen LogP) is 2.78. The monoisotopic (exact) mass is 358 g/mol. The lowest BCUT2D eigenvalue weighted by atomic mass is 10.3. The number of hydrogen-bond donors (Lipinski definition) is 1. The van der Waals surface area contributed by atoms with Crippen LogP contribution in [0.2, 0.25) is 0 Å². The fraction of sp³-hybridized carbons (Fsp3) is 0.200. The predicted molar refractivity (Wildman–Crippen MR) is 101 cm³/mol. The number of aromatic nitrogens is 5. The van der Waals surface area contributed by atoms with E-state index in [0.717, 1.165) is 35.6 Å². The lowest BCUT2D eigenvalue weighted by molar-refractivity contribution is 0.0946. The molecule has 0 aliphatic heterocycles. The van der Waals surface area contributed by atoms with Crippen molar-refractivity contribution in [2.75, 3.05) is 0 Å². The molecule has 7 heteroatoms. The molecule has 0 aromatic carbocycles. The number of hydrogen-bond acceptors (Lipinski definition) is 4. The Labute approximate surface area is 155 Å². The Kier molecular flexibility index (Phi) is 3.53. The van der Waals surface area contributed by atoms with E-state index in [1.165, 1.54) is 0 Å². The first-order chi connectivity index (χ1) is 13.2. The summed E-state index contributed by atoms with van der Waals surface area (Å²) in [6.45, 7) is 1.94. The van der Waals surface area contributed by atoms with Crippen molar-refractivity contribution < 1.29 is 4.79 Å². The highest BCUT2D eigenvalue weighted by Crippen LogP contribution is 2.24. The topological polar surface area (TPSA) is 77.1 Å². The number of fused-ring (bicyclic) bond motifs is 1. The van der Waals surface area contributed by atoms with Crippen LogP contribution in [0, 0.1) is 6.92 Å². The second kappa shape index (κ2) is 6.05. The van der Waals surface area contributed by atoms with E-state index in [0.29, 0.717) is 11.5 Å².